The number of hydrogen-bond donors (Lipinski definition) is 1. The lowest BCUT2D eigenvalue weighted by atomic mass is 10.00. The van der Waals surface area contributed by atoms with Crippen molar-refractivity contribution >= 4 is 27.5 Å². The van der Waals surface area contributed by atoms with Gasteiger partial charge in [-0.1, -0.05) is 47.5 Å². The predicted molar refractivity (Wildman–Crippen MR) is 142 cm³/mol. The molecule has 0 saturated carbocycles. The molecule has 0 fully saturated rings. The Hall–Kier alpha value is -3.45. The first kappa shape index (κ1) is 24.7. The van der Waals surface area contributed by atoms with Gasteiger partial charge in [-0.3, -0.25) is 18.7 Å². The van der Waals surface area contributed by atoms with Gasteiger partial charge in [-0.2, -0.15) is 0 Å². The molecular formula is C28H31N3O3S. The Balaban J connectivity index is 1.51. The van der Waals surface area contributed by atoms with Crippen molar-refractivity contribution in [2.75, 3.05) is 0 Å². The Labute approximate surface area is 208 Å². The molecule has 182 valence electrons. The summed E-state index contributed by atoms with van der Waals surface area (Å²) in [5, 5.41) is 4.76. The van der Waals surface area contributed by atoms with E-state index in [2.05, 4.69) is 38.2 Å². The summed E-state index contributed by atoms with van der Waals surface area (Å²) in [4.78, 5) is 38.9. The number of carbonyl (C=O) groups is 1. The second-order valence-electron chi connectivity index (χ2n) is 9.20. The Morgan fingerprint density at radius 3 is 2.29 bits per heavy atom. The monoisotopic (exact) mass is 489 g/mol. The highest BCUT2D eigenvalue weighted by Gasteiger charge is 2.16. The van der Waals surface area contributed by atoms with Gasteiger partial charge in [0.15, 0.2) is 0 Å². The lowest BCUT2D eigenvalue weighted by molar-refractivity contribution is -0.121. The number of aryl methyl sites for hydroxylation is 4. The first-order valence-corrected chi connectivity index (χ1v) is 12.7. The Morgan fingerprint density at radius 2 is 1.60 bits per heavy atom. The van der Waals surface area contributed by atoms with Crippen LogP contribution in [-0.2, 0) is 24.4 Å². The molecule has 0 aliphatic rings. The van der Waals surface area contributed by atoms with E-state index >= 15 is 0 Å². The Bertz CT molecular complexity index is 1470. The molecule has 1 amide bonds. The minimum atomic E-state index is -0.333. The van der Waals surface area contributed by atoms with Crippen LogP contribution in [0.4, 0.5) is 0 Å². The lowest BCUT2D eigenvalue weighted by Gasteiger charge is -2.16. The van der Waals surface area contributed by atoms with Crippen molar-refractivity contribution in [3.05, 3.63) is 102 Å². The SMILES string of the molecule is Cc1ccc(CNC(=O)CCCn2c(=O)c3sccc3n(Cc3c(C)cc(C)cc3C)c2=O)cc1. The number of nitrogens with one attached hydrogen (secondary N) is 1. The fourth-order valence-electron chi connectivity index (χ4n) is 4.49. The summed E-state index contributed by atoms with van der Waals surface area (Å²) >= 11 is 1.35. The van der Waals surface area contributed by atoms with Crippen molar-refractivity contribution in [3.8, 4) is 0 Å². The second kappa shape index (κ2) is 10.4. The van der Waals surface area contributed by atoms with Gasteiger partial charge in [0.05, 0.1) is 12.1 Å². The van der Waals surface area contributed by atoms with Gasteiger partial charge in [0.25, 0.3) is 5.56 Å². The van der Waals surface area contributed by atoms with Crippen molar-refractivity contribution in [1.82, 2.24) is 14.5 Å². The van der Waals surface area contributed by atoms with Gasteiger partial charge in [-0.15, -0.1) is 11.3 Å². The molecule has 4 rings (SSSR count). The highest BCUT2D eigenvalue weighted by atomic mass is 32.1. The zero-order valence-corrected chi connectivity index (χ0v) is 21.5. The summed E-state index contributed by atoms with van der Waals surface area (Å²) in [7, 11) is 0. The summed E-state index contributed by atoms with van der Waals surface area (Å²) in [6.07, 6.45) is 0.657. The molecule has 2 aromatic heterocycles. The summed E-state index contributed by atoms with van der Waals surface area (Å²) in [6, 6.07) is 14.1. The number of fused-ring (bicyclic) bond motifs is 1. The van der Waals surface area contributed by atoms with E-state index < -0.39 is 0 Å². The molecule has 2 aromatic carbocycles. The van der Waals surface area contributed by atoms with Crippen LogP contribution in [0.3, 0.4) is 0 Å². The average Bonchev–Trinajstić information content (AvgIpc) is 3.30. The Kier molecular flexibility index (Phi) is 7.36. The van der Waals surface area contributed by atoms with Crippen molar-refractivity contribution in [3.63, 3.8) is 0 Å². The van der Waals surface area contributed by atoms with Gasteiger partial charge < -0.3 is 5.32 Å². The van der Waals surface area contributed by atoms with Crippen molar-refractivity contribution in [1.29, 1.82) is 0 Å². The third-order valence-corrected chi connectivity index (χ3v) is 7.28. The highest BCUT2D eigenvalue weighted by Crippen LogP contribution is 2.21. The highest BCUT2D eigenvalue weighted by molar-refractivity contribution is 7.17. The molecule has 0 aliphatic carbocycles. The van der Waals surface area contributed by atoms with Crippen LogP contribution in [0.25, 0.3) is 10.2 Å². The van der Waals surface area contributed by atoms with E-state index in [4.69, 9.17) is 0 Å². The summed E-state index contributed by atoms with van der Waals surface area (Å²) in [5.74, 6) is -0.0953. The minimum Gasteiger partial charge on any atom is -0.352 e. The molecule has 35 heavy (non-hydrogen) atoms. The molecule has 1 N–H and O–H groups in total. The second-order valence-corrected chi connectivity index (χ2v) is 10.1. The molecule has 0 radical (unpaired) electrons. The molecule has 0 spiro atoms. The van der Waals surface area contributed by atoms with E-state index in [1.807, 2.05) is 42.6 Å². The van der Waals surface area contributed by atoms with Crippen LogP contribution < -0.4 is 16.6 Å². The standard InChI is InChI=1S/C28H31N3O3S/c1-18-7-9-22(10-8-18)16-29-25(32)6-5-12-30-27(33)26-24(11-13-35-26)31(28(30)34)17-23-20(3)14-19(2)15-21(23)4/h7-11,13-15H,5-6,12,16-17H2,1-4H3,(H,29,32). The third-order valence-electron chi connectivity index (χ3n) is 6.39. The van der Waals surface area contributed by atoms with Crippen molar-refractivity contribution in [2.45, 2.75) is 60.2 Å². The first-order valence-electron chi connectivity index (χ1n) is 11.8. The molecule has 0 saturated heterocycles. The molecule has 6 nitrogen and oxygen atoms in total. The van der Waals surface area contributed by atoms with Gasteiger partial charge in [-0.25, -0.2) is 4.79 Å². The maximum Gasteiger partial charge on any atom is 0.331 e. The Morgan fingerprint density at radius 1 is 0.914 bits per heavy atom. The predicted octanol–water partition coefficient (Wildman–Crippen LogP) is 4.60. The zero-order chi connectivity index (χ0) is 25.1. The van der Waals surface area contributed by atoms with Gasteiger partial charge in [-0.05, 0) is 67.8 Å². The van der Waals surface area contributed by atoms with Crippen LogP contribution in [0.1, 0.15) is 46.2 Å². The minimum absolute atomic E-state index is 0.0953. The number of hydrogen-bond acceptors (Lipinski definition) is 4. The van der Waals surface area contributed by atoms with Crippen LogP contribution in [0.2, 0.25) is 0 Å². The van der Waals surface area contributed by atoms with Crippen LogP contribution in [0, 0.1) is 27.7 Å². The number of rotatable bonds is 8. The van der Waals surface area contributed by atoms with Crippen LogP contribution >= 0.6 is 11.3 Å². The number of thiophene rings is 1. The van der Waals surface area contributed by atoms with Crippen molar-refractivity contribution < 1.29 is 4.79 Å². The number of benzene rings is 2. The number of aromatic nitrogens is 2. The van der Waals surface area contributed by atoms with Crippen LogP contribution in [0.5, 0.6) is 0 Å². The zero-order valence-electron chi connectivity index (χ0n) is 20.7. The van der Waals surface area contributed by atoms with Crippen LogP contribution in [-0.4, -0.2) is 15.0 Å². The molecule has 2 heterocycles. The summed E-state index contributed by atoms with van der Waals surface area (Å²) in [5.41, 5.74) is 6.78. The normalized spacial score (nSPS) is 11.2. The van der Waals surface area contributed by atoms with E-state index in [1.54, 1.807) is 4.57 Å². The molecule has 0 bridgehead atoms. The largest absolute Gasteiger partial charge is 0.352 e. The summed E-state index contributed by atoms with van der Waals surface area (Å²) < 4.78 is 3.54. The molecule has 0 atom stereocenters. The van der Waals surface area contributed by atoms with Crippen molar-refractivity contribution in [2.24, 2.45) is 0 Å². The van der Waals surface area contributed by atoms with Gasteiger partial charge >= 0.3 is 5.69 Å². The topological polar surface area (TPSA) is 73.1 Å². The fraction of sp³-hybridized carbons (Fsp3) is 0.321. The molecule has 0 unspecified atom stereocenters. The maximum atomic E-state index is 13.4. The molecule has 7 heteroatoms. The van der Waals surface area contributed by atoms with Gasteiger partial charge in [0, 0.05) is 19.5 Å². The average molecular weight is 490 g/mol. The summed E-state index contributed by atoms with van der Waals surface area (Å²) in [6.45, 7) is 9.25. The smallest absolute Gasteiger partial charge is 0.331 e. The van der Waals surface area contributed by atoms with Crippen LogP contribution in [0.15, 0.2) is 57.4 Å². The number of amides is 1. The third kappa shape index (κ3) is 5.46. The van der Waals surface area contributed by atoms with Gasteiger partial charge in [0.2, 0.25) is 5.91 Å². The quantitative estimate of drug-likeness (QED) is 0.393. The molecular weight excluding hydrogens is 458 g/mol. The number of nitrogens with zero attached hydrogens (tertiary/aromatic N) is 2. The van der Waals surface area contributed by atoms with E-state index in [1.165, 1.54) is 27.0 Å². The maximum absolute atomic E-state index is 13.4. The number of carbonyl (C=O) groups excluding carboxylic acids is 1. The molecule has 4 aromatic rings. The van der Waals surface area contributed by atoms with E-state index in [0.717, 1.165) is 22.3 Å². The van der Waals surface area contributed by atoms with E-state index in [0.29, 0.717) is 29.7 Å². The fourth-order valence-corrected chi connectivity index (χ4v) is 5.34. The first-order chi connectivity index (χ1) is 16.7. The lowest BCUT2D eigenvalue weighted by Crippen LogP contribution is -2.40. The van der Waals surface area contributed by atoms with E-state index in [-0.39, 0.29) is 30.1 Å². The molecule has 0 aliphatic heterocycles. The van der Waals surface area contributed by atoms with Gasteiger partial charge in [0.1, 0.15) is 4.70 Å². The van der Waals surface area contributed by atoms with E-state index in [9.17, 15) is 14.4 Å².